The zero-order valence-electron chi connectivity index (χ0n) is 13.0. The van der Waals surface area contributed by atoms with E-state index in [1.807, 2.05) is 66.7 Å². The van der Waals surface area contributed by atoms with Gasteiger partial charge in [-0.3, -0.25) is 0 Å². The van der Waals surface area contributed by atoms with Gasteiger partial charge in [0.25, 0.3) is 0 Å². The van der Waals surface area contributed by atoms with E-state index in [0.29, 0.717) is 10.6 Å². The Kier molecular flexibility index (Phi) is 4.69. The van der Waals surface area contributed by atoms with Crippen molar-refractivity contribution >= 4 is 17.3 Å². The Labute approximate surface area is 144 Å². The standard InChI is InChI=1S/C19H14N2O2S/c1-13(12-20)23-19(22)17-16(14-8-4-2-5-9-14)21-18(24-17)15-10-6-3-7-11-15/h2-11,13H,1H3/t13-/m0/s1. The third-order valence-corrected chi connectivity index (χ3v) is 4.43. The van der Waals surface area contributed by atoms with Crippen LogP contribution < -0.4 is 0 Å². The molecule has 3 aromatic rings. The van der Waals surface area contributed by atoms with Crippen molar-refractivity contribution in [2.24, 2.45) is 0 Å². The van der Waals surface area contributed by atoms with Gasteiger partial charge >= 0.3 is 5.97 Å². The van der Waals surface area contributed by atoms with Crippen LogP contribution >= 0.6 is 11.3 Å². The van der Waals surface area contributed by atoms with E-state index >= 15 is 0 Å². The molecule has 1 heterocycles. The molecule has 0 aliphatic heterocycles. The lowest BCUT2D eigenvalue weighted by atomic mass is 10.1. The van der Waals surface area contributed by atoms with Gasteiger partial charge in [0.2, 0.25) is 0 Å². The smallest absolute Gasteiger partial charge is 0.351 e. The summed E-state index contributed by atoms with van der Waals surface area (Å²) in [6.07, 6.45) is -0.802. The summed E-state index contributed by atoms with van der Waals surface area (Å²) in [6, 6.07) is 21.1. The van der Waals surface area contributed by atoms with Crippen LogP contribution in [0, 0.1) is 11.3 Å². The minimum Gasteiger partial charge on any atom is -0.443 e. The van der Waals surface area contributed by atoms with E-state index in [-0.39, 0.29) is 0 Å². The van der Waals surface area contributed by atoms with Crippen molar-refractivity contribution in [2.75, 3.05) is 0 Å². The summed E-state index contributed by atoms with van der Waals surface area (Å²) in [7, 11) is 0. The molecule has 1 aromatic heterocycles. The summed E-state index contributed by atoms with van der Waals surface area (Å²) in [5.41, 5.74) is 2.36. The molecule has 0 radical (unpaired) electrons. The van der Waals surface area contributed by atoms with E-state index in [9.17, 15) is 4.79 Å². The maximum Gasteiger partial charge on any atom is 0.351 e. The molecule has 0 unspecified atom stereocenters. The molecule has 1 atom stereocenters. The molecule has 0 N–H and O–H groups in total. The Morgan fingerprint density at radius 1 is 1.08 bits per heavy atom. The third-order valence-electron chi connectivity index (χ3n) is 3.35. The lowest BCUT2D eigenvalue weighted by molar-refractivity contribution is 0.0442. The average Bonchev–Trinajstić information content (AvgIpc) is 3.08. The van der Waals surface area contributed by atoms with Gasteiger partial charge in [0, 0.05) is 11.1 Å². The Morgan fingerprint density at radius 3 is 2.25 bits per heavy atom. The predicted molar refractivity (Wildman–Crippen MR) is 93.5 cm³/mol. The lowest BCUT2D eigenvalue weighted by Gasteiger charge is -2.05. The molecule has 0 aliphatic rings. The first kappa shape index (κ1) is 15.9. The molecule has 5 heteroatoms. The lowest BCUT2D eigenvalue weighted by Crippen LogP contribution is -2.12. The van der Waals surface area contributed by atoms with Gasteiger partial charge in [-0.15, -0.1) is 11.3 Å². The van der Waals surface area contributed by atoms with Crippen molar-refractivity contribution in [3.8, 4) is 27.9 Å². The van der Waals surface area contributed by atoms with Crippen molar-refractivity contribution in [1.82, 2.24) is 4.98 Å². The second-order valence-electron chi connectivity index (χ2n) is 5.11. The van der Waals surface area contributed by atoms with Gasteiger partial charge in [-0.05, 0) is 6.92 Å². The van der Waals surface area contributed by atoms with Crippen LogP contribution in [-0.2, 0) is 4.74 Å². The molecule has 0 bridgehead atoms. The van der Waals surface area contributed by atoms with Crippen LogP contribution in [0.1, 0.15) is 16.6 Å². The monoisotopic (exact) mass is 334 g/mol. The molecular weight excluding hydrogens is 320 g/mol. The summed E-state index contributed by atoms with van der Waals surface area (Å²) in [5.74, 6) is -0.525. The highest BCUT2D eigenvalue weighted by atomic mass is 32.1. The number of carbonyl (C=O) groups excluding carboxylic acids is 1. The first-order valence-electron chi connectivity index (χ1n) is 7.41. The van der Waals surface area contributed by atoms with E-state index in [2.05, 4.69) is 4.98 Å². The second kappa shape index (κ2) is 7.07. The third kappa shape index (κ3) is 3.34. The number of carbonyl (C=O) groups is 1. The van der Waals surface area contributed by atoms with Crippen LogP contribution in [0.25, 0.3) is 21.8 Å². The molecule has 3 rings (SSSR count). The van der Waals surface area contributed by atoms with Gasteiger partial charge in [-0.2, -0.15) is 5.26 Å². The van der Waals surface area contributed by atoms with E-state index in [4.69, 9.17) is 10.00 Å². The first-order valence-corrected chi connectivity index (χ1v) is 8.23. The molecule has 4 nitrogen and oxygen atoms in total. The quantitative estimate of drug-likeness (QED) is 0.657. The summed E-state index contributed by atoms with van der Waals surface area (Å²) in [6.45, 7) is 1.54. The molecule has 24 heavy (non-hydrogen) atoms. The fourth-order valence-electron chi connectivity index (χ4n) is 2.19. The summed E-state index contributed by atoms with van der Waals surface area (Å²) in [4.78, 5) is 17.5. The number of nitriles is 1. The average molecular weight is 334 g/mol. The van der Waals surface area contributed by atoms with Crippen molar-refractivity contribution < 1.29 is 9.53 Å². The van der Waals surface area contributed by atoms with Crippen LogP contribution in [0.5, 0.6) is 0 Å². The van der Waals surface area contributed by atoms with Crippen molar-refractivity contribution in [3.05, 3.63) is 65.5 Å². The number of nitrogens with zero attached hydrogens (tertiary/aromatic N) is 2. The summed E-state index contributed by atoms with van der Waals surface area (Å²) in [5, 5.41) is 9.60. The highest BCUT2D eigenvalue weighted by molar-refractivity contribution is 7.17. The number of benzene rings is 2. The van der Waals surface area contributed by atoms with E-state index in [0.717, 1.165) is 16.1 Å². The first-order chi connectivity index (χ1) is 11.7. The van der Waals surface area contributed by atoms with Crippen molar-refractivity contribution in [1.29, 1.82) is 5.26 Å². The molecule has 2 aromatic carbocycles. The zero-order chi connectivity index (χ0) is 16.9. The molecule has 0 saturated carbocycles. The topological polar surface area (TPSA) is 63.0 Å². The van der Waals surface area contributed by atoms with Crippen LogP contribution in [0.2, 0.25) is 0 Å². The van der Waals surface area contributed by atoms with Gasteiger partial charge in [-0.25, -0.2) is 9.78 Å². The Hall–Kier alpha value is -2.97. The van der Waals surface area contributed by atoms with Gasteiger partial charge in [0.1, 0.15) is 16.0 Å². The minimum absolute atomic E-state index is 0.405. The largest absolute Gasteiger partial charge is 0.443 e. The fourth-order valence-corrected chi connectivity index (χ4v) is 3.17. The number of esters is 1. The molecular formula is C19H14N2O2S. The number of hydrogen-bond donors (Lipinski definition) is 0. The molecule has 0 fully saturated rings. The van der Waals surface area contributed by atoms with Crippen LogP contribution in [0.3, 0.4) is 0 Å². The van der Waals surface area contributed by atoms with Gasteiger partial charge in [-0.1, -0.05) is 60.7 Å². The predicted octanol–water partition coefficient (Wildman–Crippen LogP) is 4.55. The summed E-state index contributed by atoms with van der Waals surface area (Å²) < 4.78 is 5.17. The number of thiazole rings is 1. The number of aromatic nitrogens is 1. The van der Waals surface area contributed by atoms with Gasteiger partial charge in [0.15, 0.2) is 6.10 Å². The number of rotatable bonds is 4. The molecule has 118 valence electrons. The Balaban J connectivity index is 2.07. The van der Waals surface area contributed by atoms with Gasteiger partial charge < -0.3 is 4.74 Å². The molecule has 0 spiro atoms. The maximum absolute atomic E-state index is 12.4. The van der Waals surface area contributed by atoms with Crippen LogP contribution in [0.15, 0.2) is 60.7 Å². The van der Waals surface area contributed by atoms with E-state index in [1.54, 1.807) is 6.92 Å². The minimum atomic E-state index is -0.802. The van der Waals surface area contributed by atoms with E-state index in [1.165, 1.54) is 11.3 Å². The fraction of sp³-hybridized carbons (Fsp3) is 0.105. The Morgan fingerprint density at radius 2 is 1.67 bits per heavy atom. The number of ether oxygens (including phenoxy) is 1. The van der Waals surface area contributed by atoms with Crippen molar-refractivity contribution in [2.45, 2.75) is 13.0 Å². The SMILES string of the molecule is C[C@@H](C#N)OC(=O)c1sc(-c2ccccc2)nc1-c1ccccc1. The van der Waals surface area contributed by atoms with Crippen LogP contribution in [-0.4, -0.2) is 17.1 Å². The van der Waals surface area contributed by atoms with Crippen molar-refractivity contribution in [3.63, 3.8) is 0 Å². The summed E-state index contributed by atoms with van der Waals surface area (Å²) >= 11 is 1.27. The zero-order valence-corrected chi connectivity index (χ0v) is 13.8. The molecule has 0 aliphatic carbocycles. The highest BCUT2D eigenvalue weighted by Crippen LogP contribution is 2.34. The highest BCUT2D eigenvalue weighted by Gasteiger charge is 2.22. The normalized spacial score (nSPS) is 11.5. The number of hydrogen-bond acceptors (Lipinski definition) is 5. The van der Waals surface area contributed by atoms with E-state index < -0.39 is 12.1 Å². The Bertz CT molecular complexity index is 883. The van der Waals surface area contributed by atoms with Gasteiger partial charge in [0.05, 0.1) is 5.69 Å². The maximum atomic E-state index is 12.4. The molecule has 0 amide bonds. The second-order valence-corrected chi connectivity index (χ2v) is 6.10. The van der Waals surface area contributed by atoms with Crippen LogP contribution in [0.4, 0.5) is 0 Å². The molecule has 0 saturated heterocycles.